The van der Waals surface area contributed by atoms with Gasteiger partial charge in [-0.15, -0.1) is 0 Å². The molecule has 134 valence electrons. The van der Waals surface area contributed by atoms with Gasteiger partial charge >= 0.3 is 0 Å². The van der Waals surface area contributed by atoms with Crippen LogP contribution in [0, 0.1) is 0 Å². The monoisotopic (exact) mass is 355 g/mol. The standard InChI is InChI=1S/C23H21N3O/c1-3-16-7-6-8-18(15-16)24-23-20-9-4-5-10-21(20)25-22(26-23)17-11-13-19(27-2)14-12-17/h4-15H,3H2,1-2H3,(H,24,25,26). The van der Waals surface area contributed by atoms with E-state index < -0.39 is 0 Å². The quantitative estimate of drug-likeness (QED) is 0.505. The number of hydrogen-bond acceptors (Lipinski definition) is 4. The molecule has 1 aromatic heterocycles. The Hall–Kier alpha value is -3.40. The van der Waals surface area contributed by atoms with Crippen LogP contribution in [0.1, 0.15) is 12.5 Å². The molecule has 0 aliphatic carbocycles. The van der Waals surface area contributed by atoms with Gasteiger partial charge in [0.15, 0.2) is 5.82 Å². The molecule has 1 N–H and O–H groups in total. The summed E-state index contributed by atoms with van der Waals surface area (Å²) < 4.78 is 5.25. The number of aromatic nitrogens is 2. The van der Waals surface area contributed by atoms with E-state index >= 15 is 0 Å². The van der Waals surface area contributed by atoms with Gasteiger partial charge in [-0.3, -0.25) is 0 Å². The minimum absolute atomic E-state index is 0.686. The largest absolute Gasteiger partial charge is 0.497 e. The number of benzene rings is 3. The molecule has 0 bridgehead atoms. The van der Waals surface area contributed by atoms with Crippen molar-refractivity contribution in [1.82, 2.24) is 9.97 Å². The van der Waals surface area contributed by atoms with Gasteiger partial charge in [0.25, 0.3) is 0 Å². The van der Waals surface area contributed by atoms with E-state index in [0.29, 0.717) is 5.82 Å². The van der Waals surface area contributed by atoms with Gasteiger partial charge in [-0.2, -0.15) is 0 Å². The molecule has 0 saturated heterocycles. The molecular weight excluding hydrogens is 334 g/mol. The minimum Gasteiger partial charge on any atom is -0.497 e. The van der Waals surface area contributed by atoms with Crippen molar-refractivity contribution in [3.8, 4) is 17.1 Å². The number of aryl methyl sites for hydroxylation is 1. The summed E-state index contributed by atoms with van der Waals surface area (Å²) in [6.45, 7) is 2.15. The number of ether oxygens (including phenoxy) is 1. The fraction of sp³-hybridized carbons (Fsp3) is 0.130. The average Bonchev–Trinajstić information content (AvgIpc) is 2.74. The van der Waals surface area contributed by atoms with Crippen molar-refractivity contribution in [2.45, 2.75) is 13.3 Å². The maximum Gasteiger partial charge on any atom is 0.162 e. The molecule has 0 unspecified atom stereocenters. The number of rotatable bonds is 5. The zero-order valence-corrected chi connectivity index (χ0v) is 15.4. The van der Waals surface area contributed by atoms with E-state index in [1.54, 1.807) is 7.11 Å². The van der Waals surface area contributed by atoms with Crippen molar-refractivity contribution in [1.29, 1.82) is 0 Å². The lowest BCUT2D eigenvalue weighted by Crippen LogP contribution is -1.99. The normalized spacial score (nSPS) is 10.7. The maximum atomic E-state index is 5.25. The third-order valence-electron chi connectivity index (χ3n) is 4.55. The Balaban J connectivity index is 1.80. The van der Waals surface area contributed by atoms with Crippen LogP contribution in [0.4, 0.5) is 11.5 Å². The Morgan fingerprint density at radius 1 is 0.889 bits per heavy atom. The van der Waals surface area contributed by atoms with E-state index in [1.807, 2.05) is 48.5 Å². The second-order valence-corrected chi connectivity index (χ2v) is 6.32. The van der Waals surface area contributed by atoms with E-state index in [4.69, 9.17) is 14.7 Å². The predicted octanol–water partition coefficient (Wildman–Crippen LogP) is 5.61. The van der Waals surface area contributed by atoms with Gasteiger partial charge in [-0.25, -0.2) is 9.97 Å². The van der Waals surface area contributed by atoms with Crippen LogP contribution in [0.25, 0.3) is 22.3 Å². The highest BCUT2D eigenvalue weighted by Crippen LogP contribution is 2.28. The fourth-order valence-electron chi connectivity index (χ4n) is 3.05. The van der Waals surface area contributed by atoms with Gasteiger partial charge in [0.2, 0.25) is 0 Å². The molecule has 0 spiro atoms. The van der Waals surface area contributed by atoms with Gasteiger partial charge in [-0.05, 0) is 60.5 Å². The first-order valence-electron chi connectivity index (χ1n) is 9.04. The first kappa shape index (κ1) is 17.0. The van der Waals surface area contributed by atoms with Crippen molar-refractivity contribution in [2.75, 3.05) is 12.4 Å². The molecule has 1 heterocycles. The van der Waals surface area contributed by atoms with Crippen LogP contribution in [-0.4, -0.2) is 17.1 Å². The Bertz CT molecular complexity index is 1070. The molecule has 3 aromatic carbocycles. The number of methoxy groups -OCH3 is 1. The summed E-state index contributed by atoms with van der Waals surface area (Å²) in [6.07, 6.45) is 0.997. The van der Waals surface area contributed by atoms with E-state index in [2.05, 4.69) is 36.5 Å². The summed E-state index contributed by atoms with van der Waals surface area (Å²) in [7, 11) is 1.66. The molecule has 27 heavy (non-hydrogen) atoms. The van der Waals surface area contributed by atoms with Crippen molar-refractivity contribution in [3.63, 3.8) is 0 Å². The van der Waals surface area contributed by atoms with Crippen molar-refractivity contribution in [3.05, 3.63) is 78.4 Å². The molecule has 4 aromatic rings. The van der Waals surface area contributed by atoms with Crippen LogP contribution in [-0.2, 0) is 6.42 Å². The highest BCUT2D eigenvalue weighted by molar-refractivity contribution is 5.92. The summed E-state index contributed by atoms with van der Waals surface area (Å²) in [5.41, 5.74) is 4.17. The van der Waals surface area contributed by atoms with Crippen LogP contribution < -0.4 is 10.1 Å². The van der Waals surface area contributed by atoms with E-state index in [9.17, 15) is 0 Å². The van der Waals surface area contributed by atoms with Gasteiger partial charge in [-0.1, -0.05) is 31.2 Å². The first-order chi connectivity index (χ1) is 13.3. The molecule has 0 atom stereocenters. The number of para-hydroxylation sites is 1. The molecule has 0 aliphatic heterocycles. The molecule has 0 radical (unpaired) electrons. The van der Waals surface area contributed by atoms with Gasteiger partial charge in [0, 0.05) is 16.6 Å². The summed E-state index contributed by atoms with van der Waals surface area (Å²) in [6, 6.07) is 24.3. The zero-order valence-electron chi connectivity index (χ0n) is 15.4. The van der Waals surface area contributed by atoms with Crippen LogP contribution in [0.2, 0.25) is 0 Å². The van der Waals surface area contributed by atoms with Gasteiger partial charge < -0.3 is 10.1 Å². The van der Waals surface area contributed by atoms with E-state index in [1.165, 1.54) is 5.56 Å². The SMILES string of the molecule is CCc1cccc(Nc2nc(-c3ccc(OC)cc3)nc3ccccc23)c1. The smallest absolute Gasteiger partial charge is 0.162 e. The van der Waals surface area contributed by atoms with Crippen LogP contribution >= 0.6 is 0 Å². The van der Waals surface area contributed by atoms with Gasteiger partial charge in [0.1, 0.15) is 11.6 Å². The summed E-state index contributed by atoms with van der Waals surface area (Å²) in [4.78, 5) is 9.56. The number of nitrogens with zero attached hydrogens (tertiary/aromatic N) is 2. The average molecular weight is 355 g/mol. The Labute approximate surface area is 158 Å². The van der Waals surface area contributed by atoms with Crippen molar-refractivity contribution < 1.29 is 4.74 Å². The molecule has 4 nitrogen and oxygen atoms in total. The van der Waals surface area contributed by atoms with Crippen molar-refractivity contribution in [2.24, 2.45) is 0 Å². The molecule has 4 heteroatoms. The lowest BCUT2D eigenvalue weighted by Gasteiger charge is -2.12. The number of fused-ring (bicyclic) bond motifs is 1. The minimum atomic E-state index is 0.686. The highest BCUT2D eigenvalue weighted by Gasteiger charge is 2.10. The second-order valence-electron chi connectivity index (χ2n) is 6.32. The lowest BCUT2D eigenvalue weighted by molar-refractivity contribution is 0.415. The molecule has 0 fully saturated rings. The second kappa shape index (κ2) is 7.46. The number of hydrogen-bond donors (Lipinski definition) is 1. The number of nitrogens with one attached hydrogen (secondary N) is 1. The van der Waals surface area contributed by atoms with Crippen LogP contribution in [0.5, 0.6) is 5.75 Å². The van der Waals surface area contributed by atoms with Crippen molar-refractivity contribution >= 4 is 22.4 Å². The predicted molar refractivity (Wildman–Crippen MR) is 111 cm³/mol. The lowest BCUT2D eigenvalue weighted by atomic mass is 10.1. The molecule has 0 amide bonds. The van der Waals surface area contributed by atoms with E-state index in [0.717, 1.165) is 40.1 Å². The Morgan fingerprint density at radius 3 is 2.48 bits per heavy atom. The number of anilines is 2. The summed E-state index contributed by atoms with van der Waals surface area (Å²) in [5.74, 6) is 2.31. The highest BCUT2D eigenvalue weighted by atomic mass is 16.5. The summed E-state index contributed by atoms with van der Waals surface area (Å²) >= 11 is 0. The molecule has 4 rings (SSSR count). The third-order valence-corrected chi connectivity index (χ3v) is 4.55. The maximum absolute atomic E-state index is 5.25. The topological polar surface area (TPSA) is 47.0 Å². The van der Waals surface area contributed by atoms with Crippen LogP contribution in [0.3, 0.4) is 0 Å². The first-order valence-corrected chi connectivity index (χ1v) is 9.04. The van der Waals surface area contributed by atoms with Gasteiger partial charge in [0.05, 0.1) is 12.6 Å². The zero-order chi connectivity index (χ0) is 18.6. The Morgan fingerprint density at radius 2 is 1.70 bits per heavy atom. The Kier molecular flexibility index (Phi) is 4.71. The molecule has 0 saturated carbocycles. The van der Waals surface area contributed by atoms with Crippen LogP contribution in [0.15, 0.2) is 72.8 Å². The fourth-order valence-corrected chi connectivity index (χ4v) is 3.05. The third kappa shape index (κ3) is 3.60. The molecular formula is C23H21N3O. The van der Waals surface area contributed by atoms with E-state index in [-0.39, 0.29) is 0 Å². The summed E-state index contributed by atoms with van der Waals surface area (Å²) in [5, 5.41) is 4.48. The molecule has 0 aliphatic rings.